The van der Waals surface area contributed by atoms with Crippen LogP contribution in [-0.4, -0.2) is 23.1 Å². The Morgan fingerprint density at radius 3 is 2.35 bits per heavy atom. The molecule has 26 heavy (non-hydrogen) atoms. The smallest absolute Gasteiger partial charge is 0.291 e. The number of benzene rings is 2. The number of phenols is 1. The van der Waals surface area contributed by atoms with Crippen molar-refractivity contribution in [3.05, 3.63) is 83.8 Å². The molecule has 0 saturated carbocycles. The van der Waals surface area contributed by atoms with Crippen molar-refractivity contribution in [2.45, 2.75) is 0 Å². The Kier molecular flexibility index (Phi) is 5.09. The summed E-state index contributed by atoms with van der Waals surface area (Å²) in [6, 6.07) is 15.9. The maximum absolute atomic E-state index is 12.0. The predicted molar refractivity (Wildman–Crippen MR) is 96.3 cm³/mol. The maximum atomic E-state index is 12.0. The molecule has 7 heteroatoms. The van der Waals surface area contributed by atoms with E-state index in [1.165, 1.54) is 24.6 Å². The highest BCUT2D eigenvalue weighted by atomic mass is 16.3. The molecule has 7 nitrogen and oxygen atoms in total. The van der Waals surface area contributed by atoms with Gasteiger partial charge in [0.2, 0.25) is 0 Å². The van der Waals surface area contributed by atoms with Gasteiger partial charge >= 0.3 is 0 Å². The highest BCUT2D eigenvalue weighted by Crippen LogP contribution is 2.12. The largest absolute Gasteiger partial charge is 0.508 e. The molecule has 0 aliphatic heterocycles. The first-order valence-electron chi connectivity index (χ1n) is 7.69. The predicted octanol–water partition coefficient (Wildman–Crippen LogP) is 3.00. The van der Waals surface area contributed by atoms with E-state index in [4.69, 9.17) is 4.42 Å². The molecule has 1 heterocycles. The quantitative estimate of drug-likeness (QED) is 0.486. The van der Waals surface area contributed by atoms with Crippen molar-refractivity contribution in [3.8, 4) is 5.75 Å². The fraction of sp³-hybridized carbons (Fsp3) is 0. The molecule has 0 atom stereocenters. The molecule has 0 aliphatic carbocycles. The highest BCUT2D eigenvalue weighted by molar-refractivity contribution is 6.02. The number of carbonyl (C=O) groups excluding carboxylic acids is 2. The lowest BCUT2D eigenvalue weighted by Gasteiger charge is -2.04. The molecular weight excluding hydrogens is 334 g/mol. The van der Waals surface area contributed by atoms with Crippen LogP contribution in [0.3, 0.4) is 0 Å². The molecular formula is C19H15N3O4. The fourth-order valence-corrected chi connectivity index (χ4v) is 2.10. The van der Waals surface area contributed by atoms with Gasteiger partial charge in [0, 0.05) is 11.3 Å². The zero-order valence-corrected chi connectivity index (χ0v) is 13.5. The molecule has 0 fully saturated rings. The third-order valence-corrected chi connectivity index (χ3v) is 3.42. The number of nitrogens with zero attached hydrogens (tertiary/aromatic N) is 1. The first kappa shape index (κ1) is 17.0. The SMILES string of the molecule is O=C(N/N=C\c1ccc(O)cc1)c1ccc(NC(=O)c2ccco2)cc1. The van der Waals surface area contributed by atoms with Crippen LogP contribution >= 0.6 is 0 Å². The molecule has 3 rings (SSSR count). The van der Waals surface area contributed by atoms with Crippen LogP contribution in [0.15, 0.2) is 76.4 Å². The van der Waals surface area contributed by atoms with Crippen molar-refractivity contribution in [1.82, 2.24) is 5.43 Å². The number of carbonyl (C=O) groups is 2. The van der Waals surface area contributed by atoms with Crippen molar-refractivity contribution in [3.63, 3.8) is 0 Å². The van der Waals surface area contributed by atoms with Gasteiger partial charge in [-0.2, -0.15) is 5.10 Å². The number of amides is 2. The Labute approximate surface area is 149 Å². The van der Waals surface area contributed by atoms with Gasteiger partial charge < -0.3 is 14.8 Å². The number of furan rings is 1. The molecule has 0 spiro atoms. The van der Waals surface area contributed by atoms with E-state index in [9.17, 15) is 14.7 Å². The van der Waals surface area contributed by atoms with Crippen LogP contribution in [0.1, 0.15) is 26.5 Å². The molecule has 130 valence electrons. The van der Waals surface area contributed by atoms with Gasteiger partial charge in [0.05, 0.1) is 12.5 Å². The van der Waals surface area contributed by atoms with Crippen LogP contribution in [0, 0.1) is 0 Å². The Morgan fingerprint density at radius 1 is 0.962 bits per heavy atom. The van der Waals surface area contributed by atoms with Gasteiger partial charge in [-0.15, -0.1) is 0 Å². The van der Waals surface area contributed by atoms with E-state index in [1.54, 1.807) is 48.5 Å². The number of hydrogen-bond acceptors (Lipinski definition) is 5. The van der Waals surface area contributed by atoms with Crippen molar-refractivity contribution in [1.29, 1.82) is 0 Å². The van der Waals surface area contributed by atoms with Gasteiger partial charge in [0.1, 0.15) is 5.75 Å². The normalized spacial score (nSPS) is 10.6. The number of phenolic OH excluding ortho intramolecular Hbond substituents is 1. The van der Waals surface area contributed by atoms with Crippen LogP contribution < -0.4 is 10.7 Å². The van der Waals surface area contributed by atoms with E-state index in [0.717, 1.165) is 5.56 Å². The Morgan fingerprint density at radius 2 is 1.69 bits per heavy atom. The van der Waals surface area contributed by atoms with Crippen LogP contribution in [0.25, 0.3) is 0 Å². The van der Waals surface area contributed by atoms with E-state index in [1.807, 2.05) is 0 Å². The summed E-state index contributed by atoms with van der Waals surface area (Å²) in [7, 11) is 0. The van der Waals surface area contributed by atoms with Gasteiger partial charge in [-0.05, 0) is 66.2 Å². The number of anilines is 1. The second-order valence-electron chi connectivity index (χ2n) is 5.30. The Hall–Kier alpha value is -3.87. The molecule has 3 aromatic rings. The fourth-order valence-electron chi connectivity index (χ4n) is 2.10. The lowest BCUT2D eigenvalue weighted by molar-refractivity contribution is 0.0954. The summed E-state index contributed by atoms with van der Waals surface area (Å²) in [5, 5.41) is 15.7. The van der Waals surface area contributed by atoms with Gasteiger partial charge in [-0.1, -0.05) is 0 Å². The zero-order valence-electron chi connectivity index (χ0n) is 13.5. The number of nitrogens with one attached hydrogen (secondary N) is 2. The van der Waals surface area contributed by atoms with Crippen LogP contribution in [0.5, 0.6) is 5.75 Å². The Bertz CT molecular complexity index is 914. The average Bonchev–Trinajstić information content (AvgIpc) is 3.19. The summed E-state index contributed by atoms with van der Waals surface area (Å²) in [6.07, 6.45) is 2.89. The standard InChI is InChI=1S/C19H15N3O4/c23-16-9-3-13(4-10-16)12-20-22-18(24)14-5-7-15(8-6-14)21-19(25)17-2-1-11-26-17/h1-12,23H,(H,21,25)(H,22,24)/b20-12-. The molecule has 0 aliphatic rings. The molecule has 0 saturated heterocycles. The number of aromatic hydroxyl groups is 1. The molecule has 1 aromatic heterocycles. The summed E-state index contributed by atoms with van der Waals surface area (Å²) in [6.45, 7) is 0. The molecule has 0 radical (unpaired) electrons. The Balaban J connectivity index is 1.56. The zero-order chi connectivity index (χ0) is 18.4. The van der Waals surface area contributed by atoms with Crippen molar-refractivity contribution >= 4 is 23.7 Å². The van der Waals surface area contributed by atoms with E-state index in [-0.39, 0.29) is 23.3 Å². The molecule has 2 aromatic carbocycles. The maximum Gasteiger partial charge on any atom is 0.291 e. The van der Waals surface area contributed by atoms with E-state index >= 15 is 0 Å². The second-order valence-corrected chi connectivity index (χ2v) is 5.30. The van der Waals surface area contributed by atoms with Crippen LogP contribution in [0.2, 0.25) is 0 Å². The van der Waals surface area contributed by atoms with Crippen molar-refractivity contribution in [2.75, 3.05) is 5.32 Å². The summed E-state index contributed by atoms with van der Waals surface area (Å²) >= 11 is 0. The van der Waals surface area contributed by atoms with E-state index in [2.05, 4.69) is 15.8 Å². The molecule has 3 N–H and O–H groups in total. The topological polar surface area (TPSA) is 104 Å². The molecule has 2 amide bonds. The summed E-state index contributed by atoms with van der Waals surface area (Å²) in [5.41, 5.74) is 4.08. The average molecular weight is 349 g/mol. The molecule has 0 bridgehead atoms. The van der Waals surface area contributed by atoms with Gasteiger partial charge in [0.15, 0.2) is 5.76 Å². The summed E-state index contributed by atoms with van der Waals surface area (Å²) in [4.78, 5) is 23.9. The van der Waals surface area contributed by atoms with Crippen molar-refractivity contribution in [2.24, 2.45) is 5.10 Å². The highest BCUT2D eigenvalue weighted by Gasteiger charge is 2.09. The minimum Gasteiger partial charge on any atom is -0.508 e. The first-order valence-corrected chi connectivity index (χ1v) is 7.69. The van der Waals surface area contributed by atoms with Crippen molar-refractivity contribution < 1.29 is 19.1 Å². The van der Waals surface area contributed by atoms with Crippen LogP contribution in [0.4, 0.5) is 5.69 Å². The van der Waals surface area contributed by atoms with E-state index < -0.39 is 0 Å². The lowest BCUT2D eigenvalue weighted by Crippen LogP contribution is -2.17. The monoisotopic (exact) mass is 349 g/mol. The van der Waals surface area contributed by atoms with Crippen LogP contribution in [-0.2, 0) is 0 Å². The summed E-state index contributed by atoms with van der Waals surface area (Å²) < 4.78 is 5.01. The minimum atomic E-state index is -0.385. The number of hydrazone groups is 1. The minimum absolute atomic E-state index is 0.158. The van der Waals surface area contributed by atoms with E-state index in [0.29, 0.717) is 11.3 Å². The van der Waals surface area contributed by atoms with Gasteiger partial charge in [-0.25, -0.2) is 5.43 Å². The number of hydrogen-bond donors (Lipinski definition) is 3. The van der Waals surface area contributed by atoms with Gasteiger partial charge in [0.25, 0.3) is 11.8 Å². The second kappa shape index (κ2) is 7.80. The number of rotatable bonds is 5. The van der Waals surface area contributed by atoms with Gasteiger partial charge in [-0.3, -0.25) is 9.59 Å². The summed E-state index contributed by atoms with van der Waals surface area (Å²) in [5.74, 6) is -0.393. The third-order valence-electron chi connectivity index (χ3n) is 3.42. The molecule has 0 unspecified atom stereocenters. The third kappa shape index (κ3) is 4.35. The lowest BCUT2D eigenvalue weighted by atomic mass is 10.2. The first-order chi connectivity index (χ1) is 12.6.